The lowest BCUT2D eigenvalue weighted by Gasteiger charge is -2.10. The van der Waals surface area contributed by atoms with Crippen molar-refractivity contribution in [2.24, 2.45) is 14.1 Å². The molecule has 0 saturated heterocycles. The number of nitrogens with zero attached hydrogens (tertiary/aromatic N) is 3. The van der Waals surface area contributed by atoms with Crippen molar-refractivity contribution >= 4 is 12.2 Å². The van der Waals surface area contributed by atoms with E-state index in [2.05, 4.69) is 9.84 Å². The first-order valence-electron chi connectivity index (χ1n) is 8.36. The SMILES string of the molecule is Cn1nc(-c2ccc(OCc3ccc(OC(F)(F)F)cc3)cc2)c(=O)n(C)c1=S. The smallest absolute Gasteiger partial charge is 0.489 e. The highest BCUT2D eigenvalue weighted by atomic mass is 32.1. The molecule has 0 aliphatic rings. The molecule has 0 unspecified atom stereocenters. The second kappa shape index (κ2) is 8.08. The van der Waals surface area contributed by atoms with Crippen molar-refractivity contribution in [3.63, 3.8) is 0 Å². The molecule has 10 heteroatoms. The Morgan fingerprint density at radius 3 is 2.17 bits per heavy atom. The maximum absolute atomic E-state index is 12.4. The van der Waals surface area contributed by atoms with E-state index in [0.29, 0.717) is 21.6 Å². The van der Waals surface area contributed by atoms with Crippen LogP contribution in [-0.2, 0) is 20.7 Å². The van der Waals surface area contributed by atoms with Crippen LogP contribution in [0.2, 0.25) is 0 Å². The van der Waals surface area contributed by atoms with Gasteiger partial charge in [0.05, 0.1) is 0 Å². The summed E-state index contributed by atoms with van der Waals surface area (Å²) in [6, 6.07) is 12.2. The molecule has 29 heavy (non-hydrogen) atoms. The van der Waals surface area contributed by atoms with Gasteiger partial charge in [-0.25, -0.2) is 4.68 Å². The first kappa shape index (κ1) is 20.6. The van der Waals surface area contributed by atoms with Crippen LogP contribution < -0.4 is 15.0 Å². The molecule has 0 saturated carbocycles. The molecular formula is C19H16F3N3O3S. The van der Waals surface area contributed by atoms with E-state index >= 15 is 0 Å². The van der Waals surface area contributed by atoms with E-state index in [9.17, 15) is 18.0 Å². The highest BCUT2D eigenvalue weighted by molar-refractivity contribution is 7.71. The quantitative estimate of drug-likeness (QED) is 0.581. The van der Waals surface area contributed by atoms with Crippen molar-refractivity contribution in [2.45, 2.75) is 13.0 Å². The Morgan fingerprint density at radius 2 is 1.59 bits per heavy atom. The Morgan fingerprint density at radius 1 is 1.00 bits per heavy atom. The molecule has 0 radical (unpaired) electrons. The van der Waals surface area contributed by atoms with E-state index in [-0.39, 0.29) is 23.6 Å². The summed E-state index contributed by atoms with van der Waals surface area (Å²) in [6.07, 6.45) is -4.72. The highest BCUT2D eigenvalue weighted by Gasteiger charge is 2.30. The fourth-order valence-corrected chi connectivity index (χ4v) is 2.67. The molecule has 3 rings (SSSR count). The van der Waals surface area contributed by atoms with E-state index < -0.39 is 6.36 Å². The van der Waals surface area contributed by atoms with E-state index in [4.69, 9.17) is 17.0 Å². The zero-order chi connectivity index (χ0) is 21.2. The monoisotopic (exact) mass is 423 g/mol. The highest BCUT2D eigenvalue weighted by Crippen LogP contribution is 2.23. The number of alkyl halides is 3. The molecule has 1 aromatic heterocycles. The lowest BCUT2D eigenvalue weighted by molar-refractivity contribution is -0.274. The van der Waals surface area contributed by atoms with Crippen molar-refractivity contribution in [3.8, 4) is 22.8 Å². The van der Waals surface area contributed by atoms with Crippen molar-refractivity contribution in [1.82, 2.24) is 14.3 Å². The molecule has 0 aliphatic heterocycles. The molecule has 0 spiro atoms. The van der Waals surface area contributed by atoms with Crippen LogP contribution in [0.25, 0.3) is 11.3 Å². The number of hydrogen-bond donors (Lipinski definition) is 0. The Labute approximate surface area is 168 Å². The molecule has 3 aromatic rings. The number of halogens is 3. The fraction of sp³-hybridized carbons (Fsp3) is 0.211. The van der Waals surface area contributed by atoms with Gasteiger partial charge in [0.1, 0.15) is 18.1 Å². The molecule has 1 heterocycles. The summed E-state index contributed by atoms with van der Waals surface area (Å²) in [5.41, 5.74) is 1.24. The van der Waals surface area contributed by atoms with E-state index in [0.717, 1.165) is 0 Å². The van der Waals surface area contributed by atoms with Crippen LogP contribution in [0.15, 0.2) is 53.3 Å². The van der Waals surface area contributed by atoms with Gasteiger partial charge in [-0.05, 0) is 54.2 Å². The summed E-state index contributed by atoms with van der Waals surface area (Å²) in [5, 5.41) is 4.21. The van der Waals surface area contributed by atoms with Gasteiger partial charge in [-0.15, -0.1) is 13.2 Å². The first-order valence-corrected chi connectivity index (χ1v) is 8.77. The topological polar surface area (TPSA) is 58.3 Å². The zero-order valence-electron chi connectivity index (χ0n) is 15.4. The van der Waals surface area contributed by atoms with Crippen LogP contribution in [-0.4, -0.2) is 20.7 Å². The fourth-order valence-electron chi connectivity index (χ4n) is 2.54. The summed E-state index contributed by atoms with van der Waals surface area (Å²) < 4.78 is 49.1. The minimum absolute atomic E-state index is 0.158. The van der Waals surface area contributed by atoms with Gasteiger partial charge >= 0.3 is 6.36 Å². The van der Waals surface area contributed by atoms with Crippen molar-refractivity contribution in [1.29, 1.82) is 0 Å². The van der Waals surface area contributed by atoms with Gasteiger partial charge in [-0.2, -0.15) is 5.10 Å². The molecule has 0 fully saturated rings. The van der Waals surface area contributed by atoms with E-state index in [1.165, 1.54) is 33.5 Å². The Kier molecular flexibility index (Phi) is 5.73. The van der Waals surface area contributed by atoms with E-state index in [1.807, 2.05) is 0 Å². The summed E-state index contributed by atoms with van der Waals surface area (Å²) >= 11 is 5.11. The first-order chi connectivity index (χ1) is 13.6. The summed E-state index contributed by atoms with van der Waals surface area (Å²) in [4.78, 5) is 12.4. The lowest BCUT2D eigenvalue weighted by atomic mass is 10.1. The molecule has 152 valence electrons. The van der Waals surface area contributed by atoms with Crippen molar-refractivity contribution in [3.05, 3.63) is 69.2 Å². The maximum Gasteiger partial charge on any atom is 0.573 e. The maximum atomic E-state index is 12.4. The molecule has 0 bridgehead atoms. The number of aryl methyl sites for hydroxylation is 1. The molecule has 2 aromatic carbocycles. The third-order valence-corrected chi connectivity index (χ3v) is 4.55. The molecular weight excluding hydrogens is 407 g/mol. The van der Waals surface area contributed by atoms with Crippen LogP contribution in [0.3, 0.4) is 0 Å². The normalized spacial score (nSPS) is 11.3. The van der Waals surface area contributed by atoms with Gasteiger partial charge in [-0.3, -0.25) is 9.36 Å². The molecule has 0 atom stereocenters. The summed E-state index contributed by atoms with van der Waals surface area (Å²) in [5.74, 6) is 0.239. The van der Waals surface area contributed by atoms with Crippen LogP contribution in [0.5, 0.6) is 11.5 Å². The van der Waals surface area contributed by atoms with Gasteiger partial charge in [0.2, 0.25) is 0 Å². The minimum Gasteiger partial charge on any atom is -0.489 e. The van der Waals surface area contributed by atoms with Crippen LogP contribution >= 0.6 is 12.2 Å². The number of aromatic nitrogens is 3. The van der Waals surface area contributed by atoms with Gasteiger partial charge in [0.15, 0.2) is 10.5 Å². The number of ether oxygens (including phenoxy) is 2. The number of hydrogen-bond acceptors (Lipinski definition) is 5. The van der Waals surface area contributed by atoms with Gasteiger partial charge in [0.25, 0.3) is 5.56 Å². The Balaban J connectivity index is 1.69. The summed E-state index contributed by atoms with van der Waals surface area (Å²) in [7, 11) is 3.24. The second-order valence-electron chi connectivity index (χ2n) is 6.12. The predicted molar refractivity (Wildman–Crippen MR) is 102 cm³/mol. The Bertz CT molecular complexity index is 1120. The molecule has 0 amide bonds. The molecule has 6 nitrogen and oxygen atoms in total. The van der Waals surface area contributed by atoms with Gasteiger partial charge in [0, 0.05) is 19.7 Å². The standard InChI is InChI=1S/C19H16F3N3O3S/c1-24-17(26)16(23-25(2)18(24)29)13-5-9-14(10-6-13)27-11-12-3-7-15(8-4-12)28-19(20,21)22/h3-10H,11H2,1-2H3. The number of benzene rings is 2. The van der Waals surface area contributed by atoms with Crippen LogP contribution in [0, 0.1) is 4.77 Å². The van der Waals surface area contributed by atoms with Crippen molar-refractivity contribution < 1.29 is 22.6 Å². The predicted octanol–water partition coefficient (Wildman–Crippen LogP) is 3.99. The third kappa shape index (κ3) is 5.02. The van der Waals surface area contributed by atoms with Gasteiger partial charge in [-0.1, -0.05) is 12.1 Å². The largest absolute Gasteiger partial charge is 0.573 e. The zero-order valence-corrected chi connectivity index (χ0v) is 16.3. The van der Waals surface area contributed by atoms with Crippen LogP contribution in [0.4, 0.5) is 13.2 Å². The second-order valence-corrected chi connectivity index (χ2v) is 6.49. The Hall–Kier alpha value is -3.14. The average Bonchev–Trinajstić information content (AvgIpc) is 2.68. The van der Waals surface area contributed by atoms with Crippen LogP contribution in [0.1, 0.15) is 5.56 Å². The minimum atomic E-state index is -4.72. The molecule has 0 aliphatic carbocycles. The molecule has 0 N–H and O–H groups in total. The van der Waals surface area contributed by atoms with Crippen molar-refractivity contribution in [2.75, 3.05) is 0 Å². The number of rotatable bonds is 5. The lowest BCUT2D eigenvalue weighted by Crippen LogP contribution is -2.25. The average molecular weight is 423 g/mol. The van der Waals surface area contributed by atoms with E-state index in [1.54, 1.807) is 38.4 Å². The third-order valence-electron chi connectivity index (χ3n) is 4.01. The summed E-state index contributed by atoms with van der Waals surface area (Å²) in [6.45, 7) is 0.158. The van der Waals surface area contributed by atoms with Gasteiger partial charge < -0.3 is 9.47 Å².